The predicted octanol–water partition coefficient (Wildman–Crippen LogP) is 4.84. The van der Waals surface area contributed by atoms with Crippen molar-refractivity contribution in [2.24, 2.45) is 0 Å². The fourth-order valence-corrected chi connectivity index (χ4v) is 3.04. The van der Waals surface area contributed by atoms with Gasteiger partial charge in [-0.05, 0) is 34.5 Å². The highest BCUT2D eigenvalue weighted by molar-refractivity contribution is 7.07. The highest BCUT2D eigenvalue weighted by Gasteiger charge is 2.40. The minimum atomic E-state index is -5.07. The van der Waals surface area contributed by atoms with E-state index in [1.165, 1.54) is 11.3 Å². The summed E-state index contributed by atoms with van der Waals surface area (Å²) in [5.41, 5.74) is -0.529. The van der Waals surface area contributed by atoms with E-state index in [0.29, 0.717) is 6.07 Å². The van der Waals surface area contributed by atoms with E-state index in [2.05, 4.69) is 5.32 Å². The Bertz CT molecular complexity index is 852. The lowest BCUT2D eigenvalue weighted by Gasteiger charge is -2.25. The van der Waals surface area contributed by atoms with Gasteiger partial charge < -0.3 is 10.2 Å². The van der Waals surface area contributed by atoms with Crippen LogP contribution in [-0.4, -0.2) is 41.2 Å². The molecule has 0 aliphatic carbocycles. The summed E-state index contributed by atoms with van der Waals surface area (Å²) in [5, 5.41) is 17.6. The number of rotatable bonds is 7. The van der Waals surface area contributed by atoms with Gasteiger partial charge in [-0.2, -0.15) is 37.7 Å². The molecule has 1 N–H and O–H groups in total. The van der Waals surface area contributed by atoms with Crippen molar-refractivity contribution in [3.8, 4) is 0 Å². The van der Waals surface area contributed by atoms with Crippen LogP contribution in [0.15, 0.2) is 35.0 Å². The molecule has 1 aromatic heterocycles. The molecule has 2 rings (SSSR count). The average molecular weight is 441 g/mol. The van der Waals surface area contributed by atoms with Gasteiger partial charge in [-0.3, -0.25) is 14.9 Å². The second-order valence-corrected chi connectivity index (χ2v) is 6.65. The van der Waals surface area contributed by atoms with E-state index in [0.717, 1.165) is 17.7 Å². The number of benzene rings is 1. The summed E-state index contributed by atoms with van der Waals surface area (Å²) in [6.07, 6.45) is -10.1. The van der Waals surface area contributed by atoms with Crippen molar-refractivity contribution in [3.05, 3.63) is 56.3 Å². The van der Waals surface area contributed by atoms with Crippen LogP contribution in [0, 0.1) is 10.1 Å². The molecule has 13 heteroatoms. The number of amides is 1. The van der Waals surface area contributed by atoms with Crippen LogP contribution >= 0.6 is 11.3 Å². The van der Waals surface area contributed by atoms with E-state index in [9.17, 15) is 41.3 Å². The topological polar surface area (TPSA) is 75.5 Å². The highest BCUT2D eigenvalue weighted by Crippen LogP contribution is 2.29. The van der Waals surface area contributed by atoms with E-state index in [1.807, 2.05) is 0 Å². The van der Waals surface area contributed by atoms with Gasteiger partial charge in [0.25, 0.3) is 11.6 Å². The zero-order valence-electron chi connectivity index (χ0n) is 14.4. The lowest BCUT2D eigenvalue weighted by atomic mass is 10.1. The van der Waals surface area contributed by atoms with Crippen molar-refractivity contribution in [2.45, 2.75) is 18.9 Å². The van der Waals surface area contributed by atoms with Crippen LogP contribution in [0.5, 0.6) is 0 Å². The van der Waals surface area contributed by atoms with Gasteiger partial charge in [-0.25, -0.2) is 0 Å². The Kier molecular flexibility index (Phi) is 6.72. The van der Waals surface area contributed by atoms with Crippen molar-refractivity contribution in [2.75, 3.05) is 18.4 Å². The van der Waals surface area contributed by atoms with Crippen molar-refractivity contribution < 1.29 is 36.1 Å². The van der Waals surface area contributed by atoms with E-state index < -0.39 is 52.4 Å². The maximum atomic E-state index is 12.6. The van der Waals surface area contributed by atoms with Crippen LogP contribution in [0.2, 0.25) is 0 Å². The first kappa shape index (κ1) is 22.5. The number of carbonyl (C=O) groups excluding carboxylic acids is 1. The molecular weight excluding hydrogens is 428 g/mol. The summed E-state index contributed by atoms with van der Waals surface area (Å²) < 4.78 is 75.5. The minimum absolute atomic E-state index is 0.0315. The van der Waals surface area contributed by atoms with Crippen molar-refractivity contribution >= 4 is 28.6 Å². The molecule has 0 spiro atoms. The molecule has 0 bridgehead atoms. The molecule has 0 aliphatic heterocycles. The summed E-state index contributed by atoms with van der Waals surface area (Å²) in [7, 11) is 0. The zero-order valence-corrected chi connectivity index (χ0v) is 15.2. The average Bonchev–Trinajstić information content (AvgIpc) is 3.09. The van der Waals surface area contributed by atoms with Gasteiger partial charge in [0.05, 0.1) is 4.92 Å². The normalized spacial score (nSPS) is 11.9. The van der Waals surface area contributed by atoms with Gasteiger partial charge in [0.1, 0.15) is 18.8 Å². The Balaban J connectivity index is 2.29. The summed E-state index contributed by atoms with van der Waals surface area (Å²) in [6, 6.07) is 4.41. The van der Waals surface area contributed by atoms with Crippen LogP contribution in [-0.2, 0) is 6.54 Å². The third-order valence-electron chi connectivity index (χ3n) is 3.53. The maximum absolute atomic E-state index is 12.6. The molecule has 0 atom stereocenters. The summed E-state index contributed by atoms with van der Waals surface area (Å²) in [6.45, 7) is -4.08. The zero-order chi connectivity index (χ0) is 21.8. The van der Waals surface area contributed by atoms with Crippen molar-refractivity contribution in [1.29, 1.82) is 0 Å². The molecule has 1 amide bonds. The van der Waals surface area contributed by atoms with Gasteiger partial charge in [0, 0.05) is 18.2 Å². The summed E-state index contributed by atoms with van der Waals surface area (Å²) in [4.78, 5) is 22.2. The van der Waals surface area contributed by atoms with E-state index >= 15 is 0 Å². The maximum Gasteiger partial charge on any atom is 0.406 e. The highest BCUT2D eigenvalue weighted by atomic mass is 32.1. The number of carbonyl (C=O) groups is 1. The Morgan fingerprint density at radius 1 is 1.10 bits per heavy atom. The number of alkyl halides is 6. The molecule has 1 heterocycles. The fraction of sp³-hybridized carbons (Fsp3) is 0.312. The number of nitrogens with one attached hydrogen (secondary N) is 1. The van der Waals surface area contributed by atoms with E-state index in [-0.39, 0.29) is 12.2 Å². The Morgan fingerprint density at radius 2 is 1.72 bits per heavy atom. The van der Waals surface area contributed by atoms with Crippen LogP contribution < -0.4 is 5.32 Å². The van der Waals surface area contributed by atoms with E-state index in [4.69, 9.17) is 0 Å². The first-order valence-electron chi connectivity index (χ1n) is 7.82. The quantitative estimate of drug-likeness (QED) is 0.379. The molecule has 0 unspecified atom stereocenters. The second kappa shape index (κ2) is 8.68. The van der Waals surface area contributed by atoms with Crippen LogP contribution in [0.3, 0.4) is 0 Å². The first-order chi connectivity index (χ1) is 13.4. The Labute approximate surface area is 163 Å². The molecule has 0 aliphatic rings. The molecule has 0 saturated carbocycles. The molecular formula is C16H13F6N3O3S. The largest absolute Gasteiger partial charge is 0.406 e. The Hall–Kier alpha value is -2.83. The number of anilines is 1. The molecule has 6 nitrogen and oxygen atoms in total. The fourth-order valence-electron chi connectivity index (χ4n) is 2.37. The number of nitro benzene ring substituents is 1. The number of thiophene rings is 1. The number of nitro groups is 1. The van der Waals surface area contributed by atoms with Crippen LogP contribution in [0.4, 0.5) is 37.7 Å². The standard InChI is InChI=1S/C16H13F6N3O3S/c17-15(18,19)8-24(9-16(20,21)22)14(26)11-1-2-12(13(5-11)25(27)28)23-6-10-3-4-29-7-10/h1-5,7,23H,6,8-9H2. The molecule has 2 aromatic rings. The van der Waals surface area contributed by atoms with Crippen LogP contribution in [0.1, 0.15) is 15.9 Å². The summed E-state index contributed by atoms with van der Waals surface area (Å²) in [5.74, 6) is -1.62. The summed E-state index contributed by atoms with van der Waals surface area (Å²) >= 11 is 1.40. The number of hydrogen-bond acceptors (Lipinski definition) is 5. The third-order valence-corrected chi connectivity index (χ3v) is 4.26. The lowest BCUT2D eigenvalue weighted by Crippen LogP contribution is -2.44. The number of nitrogens with zero attached hydrogens (tertiary/aromatic N) is 2. The van der Waals surface area contributed by atoms with Gasteiger partial charge in [-0.15, -0.1) is 0 Å². The smallest absolute Gasteiger partial charge is 0.375 e. The molecule has 29 heavy (non-hydrogen) atoms. The van der Waals surface area contributed by atoms with Gasteiger partial charge in [0.15, 0.2) is 0 Å². The molecule has 1 aromatic carbocycles. The lowest BCUT2D eigenvalue weighted by molar-refractivity contribution is -0.384. The van der Waals surface area contributed by atoms with Gasteiger partial charge in [-0.1, -0.05) is 0 Å². The minimum Gasteiger partial charge on any atom is -0.375 e. The molecule has 158 valence electrons. The SMILES string of the molecule is O=C(c1ccc(NCc2ccsc2)c([N+](=O)[O-])c1)N(CC(F)(F)F)CC(F)(F)F. The Morgan fingerprint density at radius 3 is 2.21 bits per heavy atom. The van der Waals surface area contributed by atoms with Crippen LogP contribution in [0.25, 0.3) is 0 Å². The first-order valence-corrected chi connectivity index (χ1v) is 8.76. The number of hydrogen-bond donors (Lipinski definition) is 1. The predicted molar refractivity (Wildman–Crippen MR) is 92.8 cm³/mol. The monoisotopic (exact) mass is 441 g/mol. The number of halogens is 6. The van der Waals surface area contributed by atoms with Crippen molar-refractivity contribution in [1.82, 2.24) is 4.90 Å². The van der Waals surface area contributed by atoms with E-state index in [1.54, 1.807) is 16.8 Å². The second-order valence-electron chi connectivity index (χ2n) is 5.87. The van der Waals surface area contributed by atoms with Gasteiger partial charge >= 0.3 is 12.4 Å². The molecule has 0 saturated heterocycles. The van der Waals surface area contributed by atoms with Crippen molar-refractivity contribution in [3.63, 3.8) is 0 Å². The third kappa shape index (κ3) is 6.93. The molecule has 0 radical (unpaired) electrons. The molecule has 0 fully saturated rings. The van der Waals surface area contributed by atoms with Gasteiger partial charge in [0.2, 0.25) is 0 Å².